The minimum atomic E-state index is -3.72. The Morgan fingerprint density at radius 3 is 2.60 bits per heavy atom. The molecule has 0 saturated heterocycles. The van der Waals surface area contributed by atoms with Crippen molar-refractivity contribution in [2.45, 2.75) is 25.2 Å². The number of nitrogens with two attached hydrogens (primary N) is 2. The van der Waals surface area contributed by atoms with Crippen LogP contribution in [0.4, 0.5) is 11.4 Å². The van der Waals surface area contributed by atoms with E-state index < -0.39 is 10.0 Å². The van der Waals surface area contributed by atoms with Crippen LogP contribution in [0.25, 0.3) is 0 Å². The van der Waals surface area contributed by atoms with Crippen molar-refractivity contribution in [3.05, 3.63) is 18.2 Å². The van der Waals surface area contributed by atoms with Gasteiger partial charge in [-0.25, -0.2) is 13.6 Å². The first-order valence-corrected chi connectivity index (χ1v) is 8.09. The van der Waals surface area contributed by atoms with Gasteiger partial charge < -0.3 is 15.8 Å². The van der Waals surface area contributed by atoms with E-state index in [1.165, 1.54) is 18.2 Å². The molecule has 1 aromatic rings. The van der Waals surface area contributed by atoms with E-state index in [0.29, 0.717) is 37.1 Å². The summed E-state index contributed by atoms with van der Waals surface area (Å²) >= 11 is 0. The molecule has 0 aliphatic rings. The highest BCUT2D eigenvalue weighted by Gasteiger charge is 2.10. The third-order valence-electron chi connectivity index (χ3n) is 2.75. The zero-order valence-electron chi connectivity index (χ0n) is 11.9. The second-order valence-electron chi connectivity index (χ2n) is 5.02. The lowest BCUT2D eigenvalue weighted by Crippen LogP contribution is -2.15. The van der Waals surface area contributed by atoms with Crippen LogP contribution in [0.5, 0.6) is 0 Å². The fraction of sp³-hybridized carbons (Fsp3) is 0.538. The molecule has 5 N–H and O–H groups in total. The van der Waals surface area contributed by atoms with Gasteiger partial charge in [0.05, 0.1) is 22.9 Å². The maximum Gasteiger partial charge on any atom is 0.238 e. The van der Waals surface area contributed by atoms with E-state index in [9.17, 15) is 8.42 Å². The van der Waals surface area contributed by atoms with E-state index in [1.807, 2.05) is 0 Å². The van der Waals surface area contributed by atoms with Crippen LogP contribution >= 0.6 is 0 Å². The number of benzene rings is 1. The zero-order valence-corrected chi connectivity index (χ0v) is 12.7. The molecule has 0 atom stereocenters. The van der Waals surface area contributed by atoms with E-state index in [4.69, 9.17) is 15.6 Å². The van der Waals surface area contributed by atoms with Gasteiger partial charge in [0.15, 0.2) is 0 Å². The standard InChI is InChI=1S/C13H23N3O3S/c1-10(2)5-7-19-8-6-16-13-9-11(20(15,17)18)3-4-12(13)14/h3-4,9-10,16H,5-8,14H2,1-2H3,(H2,15,17,18). The number of nitrogen functional groups attached to an aromatic ring is 1. The highest BCUT2D eigenvalue weighted by atomic mass is 32.2. The molecule has 0 radical (unpaired) electrons. The normalized spacial score (nSPS) is 11.8. The first kappa shape index (κ1) is 16.7. The van der Waals surface area contributed by atoms with Gasteiger partial charge in [-0.15, -0.1) is 0 Å². The number of primary sulfonamides is 1. The molecule has 0 spiro atoms. The molecule has 1 rings (SSSR count). The molecule has 1 aromatic carbocycles. The average Bonchev–Trinajstić information content (AvgIpc) is 2.33. The van der Waals surface area contributed by atoms with Gasteiger partial charge >= 0.3 is 0 Å². The second kappa shape index (κ2) is 7.47. The van der Waals surface area contributed by atoms with Gasteiger partial charge in [-0.1, -0.05) is 13.8 Å². The van der Waals surface area contributed by atoms with Crippen molar-refractivity contribution in [2.24, 2.45) is 11.1 Å². The summed E-state index contributed by atoms with van der Waals surface area (Å²) in [5.74, 6) is 0.616. The van der Waals surface area contributed by atoms with E-state index in [0.717, 1.165) is 6.42 Å². The largest absolute Gasteiger partial charge is 0.397 e. The molecule has 0 fully saturated rings. The van der Waals surface area contributed by atoms with Crippen LogP contribution in [-0.4, -0.2) is 28.2 Å². The molecular weight excluding hydrogens is 278 g/mol. The third-order valence-corrected chi connectivity index (χ3v) is 3.67. The maximum atomic E-state index is 11.3. The maximum absolute atomic E-state index is 11.3. The van der Waals surface area contributed by atoms with Crippen LogP contribution in [-0.2, 0) is 14.8 Å². The fourth-order valence-electron chi connectivity index (χ4n) is 1.54. The van der Waals surface area contributed by atoms with Crippen molar-refractivity contribution in [3.8, 4) is 0 Å². The number of ether oxygens (including phenoxy) is 1. The fourth-order valence-corrected chi connectivity index (χ4v) is 2.08. The van der Waals surface area contributed by atoms with Gasteiger partial charge in [0, 0.05) is 13.2 Å². The summed E-state index contributed by atoms with van der Waals surface area (Å²) < 4.78 is 28.0. The van der Waals surface area contributed by atoms with Gasteiger partial charge in [-0.2, -0.15) is 0 Å². The highest BCUT2D eigenvalue weighted by Crippen LogP contribution is 2.21. The summed E-state index contributed by atoms with van der Waals surface area (Å²) in [6, 6.07) is 4.33. The van der Waals surface area contributed by atoms with Crippen molar-refractivity contribution in [2.75, 3.05) is 30.8 Å². The topological polar surface area (TPSA) is 107 Å². The molecule has 0 unspecified atom stereocenters. The molecule has 0 aromatic heterocycles. The number of sulfonamides is 1. The minimum absolute atomic E-state index is 0.0370. The second-order valence-corrected chi connectivity index (χ2v) is 6.58. The van der Waals surface area contributed by atoms with Crippen molar-refractivity contribution >= 4 is 21.4 Å². The Morgan fingerprint density at radius 2 is 2.00 bits per heavy atom. The molecule has 7 heteroatoms. The Morgan fingerprint density at radius 1 is 1.30 bits per heavy atom. The summed E-state index contributed by atoms with van der Waals surface area (Å²) in [7, 11) is -3.72. The van der Waals surface area contributed by atoms with Gasteiger partial charge in [-0.3, -0.25) is 0 Å². The van der Waals surface area contributed by atoms with Crippen molar-refractivity contribution in [3.63, 3.8) is 0 Å². The number of anilines is 2. The van der Waals surface area contributed by atoms with E-state index in [1.54, 1.807) is 0 Å². The highest BCUT2D eigenvalue weighted by molar-refractivity contribution is 7.89. The molecule has 0 aliphatic heterocycles. The SMILES string of the molecule is CC(C)CCOCCNc1cc(S(N)(=O)=O)ccc1N. The lowest BCUT2D eigenvalue weighted by molar-refractivity contribution is 0.132. The predicted octanol–water partition coefficient (Wildman–Crippen LogP) is 1.39. The smallest absolute Gasteiger partial charge is 0.238 e. The molecule has 114 valence electrons. The Balaban J connectivity index is 2.48. The first-order chi connectivity index (χ1) is 9.30. The van der Waals surface area contributed by atoms with Crippen molar-refractivity contribution in [1.29, 1.82) is 0 Å². The molecule has 0 aliphatic carbocycles. The van der Waals surface area contributed by atoms with E-state index in [2.05, 4.69) is 19.2 Å². The molecule has 0 bridgehead atoms. The summed E-state index contributed by atoms with van der Waals surface area (Å²) in [5, 5.41) is 8.12. The van der Waals surface area contributed by atoms with Gasteiger partial charge in [0.25, 0.3) is 0 Å². The van der Waals surface area contributed by atoms with E-state index >= 15 is 0 Å². The molecule has 0 saturated carbocycles. The Kier molecular flexibility index (Phi) is 6.25. The third kappa shape index (κ3) is 5.77. The Bertz CT molecular complexity index is 530. The number of hydrogen-bond acceptors (Lipinski definition) is 5. The van der Waals surface area contributed by atoms with Crippen LogP contribution in [0.1, 0.15) is 20.3 Å². The van der Waals surface area contributed by atoms with Crippen LogP contribution in [0, 0.1) is 5.92 Å². The predicted molar refractivity (Wildman–Crippen MR) is 81.0 cm³/mol. The average molecular weight is 301 g/mol. The Hall–Kier alpha value is -1.31. The van der Waals surface area contributed by atoms with Crippen LogP contribution in [0.2, 0.25) is 0 Å². The van der Waals surface area contributed by atoms with Crippen molar-refractivity contribution in [1.82, 2.24) is 0 Å². The summed E-state index contributed by atoms with van der Waals surface area (Å²) in [4.78, 5) is 0.0370. The van der Waals surface area contributed by atoms with Gasteiger partial charge in [0.1, 0.15) is 0 Å². The van der Waals surface area contributed by atoms with Crippen molar-refractivity contribution < 1.29 is 13.2 Å². The van der Waals surface area contributed by atoms with Crippen LogP contribution in [0.15, 0.2) is 23.1 Å². The zero-order chi connectivity index (χ0) is 15.2. The summed E-state index contributed by atoms with van der Waals surface area (Å²) in [6.45, 7) is 6.08. The van der Waals surface area contributed by atoms with Crippen LogP contribution in [0.3, 0.4) is 0 Å². The summed E-state index contributed by atoms with van der Waals surface area (Å²) in [6.07, 6.45) is 1.02. The lowest BCUT2D eigenvalue weighted by Gasteiger charge is -2.11. The number of rotatable bonds is 8. The van der Waals surface area contributed by atoms with Gasteiger partial charge in [0.2, 0.25) is 10.0 Å². The summed E-state index contributed by atoms with van der Waals surface area (Å²) in [5.41, 5.74) is 6.79. The molecule has 0 amide bonds. The molecule has 0 heterocycles. The quantitative estimate of drug-likeness (QED) is 0.497. The minimum Gasteiger partial charge on any atom is -0.397 e. The van der Waals surface area contributed by atoms with Gasteiger partial charge in [-0.05, 0) is 30.5 Å². The molecule has 6 nitrogen and oxygen atoms in total. The number of hydrogen-bond donors (Lipinski definition) is 3. The van der Waals surface area contributed by atoms with E-state index in [-0.39, 0.29) is 4.90 Å². The first-order valence-electron chi connectivity index (χ1n) is 6.54. The number of nitrogens with one attached hydrogen (secondary N) is 1. The van der Waals surface area contributed by atoms with Crippen LogP contribution < -0.4 is 16.2 Å². The molecular formula is C13H23N3O3S. The Labute approximate surface area is 120 Å². The monoisotopic (exact) mass is 301 g/mol. The molecule has 20 heavy (non-hydrogen) atoms. The lowest BCUT2D eigenvalue weighted by atomic mass is 10.1.